The van der Waals surface area contributed by atoms with E-state index in [-0.39, 0.29) is 4.90 Å². The van der Waals surface area contributed by atoms with E-state index in [1.807, 2.05) is 24.0 Å². The molecule has 37 heavy (non-hydrogen) atoms. The van der Waals surface area contributed by atoms with Gasteiger partial charge in [-0.15, -0.1) is 0 Å². The van der Waals surface area contributed by atoms with Gasteiger partial charge in [-0.25, -0.2) is 8.42 Å². The quantitative estimate of drug-likeness (QED) is 0.187. The van der Waals surface area contributed by atoms with Crippen LogP contribution < -0.4 is 9.57 Å². The molecule has 0 spiro atoms. The van der Waals surface area contributed by atoms with E-state index in [1.165, 1.54) is 67.3 Å². The molecule has 0 N–H and O–H groups in total. The summed E-state index contributed by atoms with van der Waals surface area (Å²) in [6.07, 6.45) is 11.4. The van der Waals surface area contributed by atoms with Crippen LogP contribution in [-0.2, 0) is 10.1 Å². The summed E-state index contributed by atoms with van der Waals surface area (Å²) in [5, 5.41) is 0. The molecule has 0 aliphatic heterocycles. The molecule has 2 aromatic carbocycles. The zero-order valence-corrected chi connectivity index (χ0v) is 23.8. The van der Waals surface area contributed by atoms with E-state index in [1.54, 1.807) is 12.1 Å². The Morgan fingerprint density at radius 1 is 0.811 bits per heavy atom. The zero-order chi connectivity index (χ0) is 27.3. The van der Waals surface area contributed by atoms with Crippen molar-refractivity contribution in [2.24, 2.45) is 5.92 Å². The van der Waals surface area contributed by atoms with Crippen molar-refractivity contribution < 1.29 is 22.5 Å². The summed E-state index contributed by atoms with van der Waals surface area (Å²) in [5.74, 6) is 1.33. The monoisotopic (exact) mass is 525 g/mol. The Bertz CT molecular complexity index is 1140. The highest BCUT2D eigenvalue weighted by Gasteiger charge is 2.11. The standard InChI is InChI=1S/C24H36NO.C7H8O3S/c1-5-9-10-20(6-2)19-26-25-17-15-24(16-18-25)23-13-11-22(12-14-23)21(7-3)8-4;1-6-2-4-7(5-3-6)11(8,9)10/h11-18,20-21H,5-10,19H2,1-4H3;2-5H,1H3,(H,8,9,10)/q+1;/p-1. The van der Waals surface area contributed by atoms with E-state index < -0.39 is 10.1 Å². The number of nitrogens with zero attached hydrogens (tertiary/aromatic N) is 1. The van der Waals surface area contributed by atoms with E-state index in [0.29, 0.717) is 11.8 Å². The number of rotatable bonds is 12. The molecule has 3 rings (SSSR count). The first-order chi connectivity index (χ1) is 17.7. The molecule has 0 aliphatic rings. The number of aromatic nitrogens is 1. The first-order valence-corrected chi connectivity index (χ1v) is 14.9. The highest BCUT2D eigenvalue weighted by atomic mass is 32.2. The summed E-state index contributed by atoms with van der Waals surface area (Å²) >= 11 is 0. The van der Waals surface area contributed by atoms with Crippen molar-refractivity contribution in [2.75, 3.05) is 6.61 Å². The van der Waals surface area contributed by atoms with Gasteiger partial charge < -0.3 is 4.55 Å². The highest BCUT2D eigenvalue weighted by molar-refractivity contribution is 7.85. The van der Waals surface area contributed by atoms with Crippen LogP contribution >= 0.6 is 0 Å². The Morgan fingerprint density at radius 3 is 1.86 bits per heavy atom. The molecule has 0 saturated heterocycles. The third kappa shape index (κ3) is 10.3. The second kappa shape index (κ2) is 15.5. The predicted octanol–water partition coefficient (Wildman–Crippen LogP) is 7.09. The number of benzene rings is 2. The number of hydrogen-bond donors (Lipinski definition) is 0. The molecule has 5 nitrogen and oxygen atoms in total. The van der Waals surface area contributed by atoms with Crippen LogP contribution in [0.5, 0.6) is 0 Å². The van der Waals surface area contributed by atoms with Gasteiger partial charge in [0.05, 0.1) is 4.90 Å². The van der Waals surface area contributed by atoms with Crippen molar-refractivity contribution in [3.63, 3.8) is 0 Å². The van der Waals surface area contributed by atoms with E-state index in [4.69, 9.17) is 4.84 Å². The maximum Gasteiger partial charge on any atom is 0.223 e. The van der Waals surface area contributed by atoms with E-state index in [9.17, 15) is 13.0 Å². The van der Waals surface area contributed by atoms with Crippen LogP contribution in [0.2, 0.25) is 0 Å². The summed E-state index contributed by atoms with van der Waals surface area (Å²) in [7, 11) is -4.27. The molecule has 3 aromatic rings. The third-order valence-electron chi connectivity index (χ3n) is 6.82. The molecule has 1 aromatic heterocycles. The summed E-state index contributed by atoms with van der Waals surface area (Å²) in [6.45, 7) is 11.7. The van der Waals surface area contributed by atoms with Gasteiger partial charge in [0.2, 0.25) is 12.4 Å². The topological polar surface area (TPSA) is 70.3 Å². The normalized spacial score (nSPS) is 12.1. The average Bonchev–Trinajstić information content (AvgIpc) is 2.90. The van der Waals surface area contributed by atoms with Gasteiger partial charge in [0.25, 0.3) is 0 Å². The molecule has 202 valence electrons. The van der Waals surface area contributed by atoms with Crippen molar-refractivity contribution in [1.29, 1.82) is 0 Å². The van der Waals surface area contributed by atoms with Crippen molar-refractivity contribution in [2.45, 2.75) is 84.0 Å². The molecule has 0 fully saturated rings. The van der Waals surface area contributed by atoms with Crippen LogP contribution in [0.3, 0.4) is 0 Å². The first-order valence-electron chi connectivity index (χ1n) is 13.5. The molecule has 0 amide bonds. The van der Waals surface area contributed by atoms with E-state index >= 15 is 0 Å². The van der Waals surface area contributed by atoms with E-state index in [0.717, 1.165) is 12.2 Å². The molecule has 0 bridgehead atoms. The molecular weight excluding hydrogens is 482 g/mol. The fourth-order valence-electron chi connectivity index (χ4n) is 4.19. The SMILES string of the molecule is CCCCC(CC)CO[n+]1ccc(-c2ccc(C(CC)CC)cc2)cc1.Cc1ccc(S(=O)(=O)[O-])cc1. The van der Waals surface area contributed by atoms with Crippen LogP contribution in [0.25, 0.3) is 11.1 Å². The molecule has 1 atom stereocenters. The fraction of sp³-hybridized carbons (Fsp3) is 0.452. The van der Waals surface area contributed by atoms with Crippen molar-refractivity contribution >= 4 is 10.1 Å². The minimum Gasteiger partial charge on any atom is -0.744 e. The zero-order valence-electron chi connectivity index (χ0n) is 23.0. The van der Waals surface area contributed by atoms with Gasteiger partial charge in [-0.05, 0) is 73.3 Å². The molecule has 1 heterocycles. The Hall–Kier alpha value is -2.70. The Morgan fingerprint density at radius 2 is 1.38 bits per heavy atom. The van der Waals surface area contributed by atoms with Gasteiger partial charge in [0.15, 0.2) is 6.61 Å². The van der Waals surface area contributed by atoms with Crippen molar-refractivity contribution in [3.05, 3.63) is 84.2 Å². The van der Waals surface area contributed by atoms with Gasteiger partial charge in [0.1, 0.15) is 10.1 Å². The average molecular weight is 526 g/mol. The molecule has 0 radical (unpaired) electrons. The Balaban J connectivity index is 0.000000364. The molecule has 0 saturated carbocycles. The maximum absolute atomic E-state index is 10.4. The molecular formula is C31H43NO4S. The minimum atomic E-state index is -4.27. The van der Waals surface area contributed by atoms with Crippen LogP contribution in [0.4, 0.5) is 0 Å². The Kier molecular flexibility index (Phi) is 12.8. The van der Waals surface area contributed by atoms with Crippen LogP contribution in [0.1, 0.15) is 83.3 Å². The first kappa shape index (κ1) is 30.5. The lowest BCUT2D eigenvalue weighted by atomic mass is 9.92. The predicted molar refractivity (Wildman–Crippen MR) is 149 cm³/mol. The highest BCUT2D eigenvalue weighted by Crippen LogP contribution is 2.26. The summed E-state index contributed by atoms with van der Waals surface area (Å²) in [5.41, 5.74) is 4.88. The summed E-state index contributed by atoms with van der Waals surface area (Å²) < 4.78 is 33.0. The molecule has 0 aliphatic carbocycles. The summed E-state index contributed by atoms with van der Waals surface area (Å²) in [6, 6.07) is 19.1. The lowest BCUT2D eigenvalue weighted by Crippen LogP contribution is -2.43. The maximum atomic E-state index is 10.4. The molecule has 1 unspecified atom stereocenters. The van der Waals surface area contributed by atoms with Gasteiger partial charge >= 0.3 is 0 Å². The van der Waals surface area contributed by atoms with Crippen molar-refractivity contribution in [1.82, 2.24) is 0 Å². The largest absolute Gasteiger partial charge is 0.744 e. The van der Waals surface area contributed by atoms with Crippen LogP contribution in [0.15, 0.2) is 78.0 Å². The number of unbranched alkanes of at least 4 members (excludes halogenated alkanes) is 1. The lowest BCUT2D eigenvalue weighted by molar-refractivity contribution is -0.892. The fourth-order valence-corrected chi connectivity index (χ4v) is 4.66. The number of pyridine rings is 1. The summed E-state index contributed by atoms with van der Waals surface area (Å²) in [4.78, 5) is 5.77. The lowest BCUT2D eigenvalue weighted by Gasteiger charge is -2.13. The molecule has 6 heteroatoms. The van der Waals surface area contributed by atoms with Gasteiger partial charge in [-0.1, -0.05) is 82.5 Å². The van der Waals surface area contributed by atoms with E-state index in [2.05, 4.69) is 64.1 Å². The smallest absolute Gasteiger partial charge is 0.223 e. The number of aryl methyl sites for hydroxylation is 1. The van der Waals surface area contributed by atoms with Crippen molar-refractivity contribution in [3.8, 4) is 11.1 Å². The third-order valence-corrected chi connectivity index (χ3v) is 7.66. The second-order valence-electron chi connectivity index (χ2n) is 9.56. The van der Waals surface area contributed by atoms with Gasteiger partial charge in [-0.3, -0.25) is 4.84 Å². The van der Waals surface area contributed by atoms with Gasteiger partial charge in [0, 0.05) is 16.9 Å². The van der Waals surface area contributed by atoms with Crippen LogP contribution in [0, 0.1) is 12.8 Å². The Labute approximate surface area is 224 Å². The van der Waals surface area contributed by atoms with Gasteiger partial charge in [-0.2, -0.15) is 0 Å². The van der Waals surface area contributed by atoms with Crippen LogP contribution in [-0.4, -0.2) is 19.6 Å². The number of hydrogen-bond acceptors (Lipinski definition) is 4. The minimum absolute atomic E-state index is 0.178. The second-order valence-corrected chi connectivity index (χ2v) is 10.9.